The van der Waals surface area contributed by atoms with Crippen LogP contribution in [0, 0.1) is 0 Å². The zero-order valence-electron chi connectivity index (χ0n) is 12.3. The zero-order chi connectivity index (χ0) is 16.2. The third-order valence-electron chi connectivity index (χ3n) is 3.95. The second-order valence-electron chi connectivity index (χ2n) is 5.53. The number of benzene rings is 1. The molecule has 1 fully saturated rings. The molecule has 0 spiro atoms. The van der Waals surface area contributed by atoms with Crippen molar-refractivity contribution in [3.05, 3.63) is 24.0 Å². The smallest absolute Gasteiger partial charge is 0.262 e. The van der Waals surface area contributed by atoms with E-state index in [0.29, 0.717) is 22.3 Å². The van der Waals surface area contributed by atoms with Crippen molar-refractivity contribution < 1.29 is 13.5 Å². The van der Waals surface area contributed by atoms with E-state index in [9.17, 15) is 8.78 Å². The van der Waals surface area contributed by atoms with Crippen molar-refractivity contribution in [3.63, 3.8) is 0 Å². The molecule has 0 bridgehead atoms. The molecule has 1 aliphatic heterocycles. The van der Waals surface area contributed by atoms with Crippen LogP contribution in [-0.4, -0.2) is 39.2 Å². The Morgan fingerprint density at radius 2 is 2.22 bits per heavy atom. The number of nitrogens with zero attached hydrogens (tertiary/aromatic N) is 4. The van der Waals surface area contributed by atoms with Crippen molar-refractivity contribution in [2.45, 2.75) is 18.4 Å². The minimum atomic E-state index is -2.75. The maximum atomic E-state index is 13.4. The molecule has 7 nitrogen and oxygen atoms in total. The first-order chi connectivity index (χ1) is 11.0. The molecule has 1 unspecified atom stereocenters. The highest BCUT2D eigenvalue weighted by Crippen LogP contribution is 2.34. The molecule has 4 rings (SSSR count). The largest absolute Gasteiger partial charge is 0.494 e. The third-order valence-corrected chi connectivity index (χ3v) is 3.95. The van der Waals surface area contributed by atoms with Gasteiger partial charge in [-0.25, -0.2) is 18.7 Å². The third kappa shape index (κ3) is 2.15. The number of anilines is 1. The first-order valence-electron chi connectivity index (χ1n) is 7.08. The molecule has 0 aliphatic carbocycles. The molecule has 1 atom stereocenters. The number of hydrogen-bond acceptors (Lipinski definition) is 6. The van der Waals surface area contributed by atoms with E-state index in [-0.39, 0.29) is 24.7 Å². The Balaban J connectivity index is 1.91. The van der Waals surface area contributed by atoms with Gasteiger partial charge in [-0.2, -0.15) is 4.52 Å². The lowest BCUT2D eigenvalue weighted by Gasteiger charge is -2.06. The highest BCUT2D eigenvalue weighted by Gasteiger charge is 2.41. The molecule has 0 saturated carbocycles. The fourth-order valence-corrected chi connectivity index (χ4v) is 2.85. The number of ether oxygens (including phenoxy) is 1. The molecule has 1 aliphatic rings. The standard InChI is InChI=1S/C14H14F2N6O/c1-23-9-4-2-3-7-10(9)19-13(17)22-12(7)20-11(21-22)8-5-14(15,16)6-18-8/h2-4,8,18H,5-6H2,1H3,(H2,17,19). The fourth-order valence-electron chi connectivity index (χ4n) is 2.85. The average molecular weight is 320 g/mol. The van der Waals surface area contributed by atoms with Gasteiger partial charge in [0.1, 0.15) is 11.3 Å². The second-order valence-corrected chi connectivity index (χ2v) is 5.53. The molecule has 0 amide bonds. The number of aromatic nitrogens is 4. The summed E-state index contributed by atoms with van der Waals surface area (Å²) in [5.41, 5.74) is 6.97. The van der Waals surface area contributed by atoms with Gasteiger partial charge in [-0.05, 0) is 12.1 Å². The molecule has 3 aromatic rings. The quantitative estimate of drug-likeness (QED) is 0.744. The van der Waals surface area contributed by atoms with E-state index in [0.717, 1.165) is 0 Å². The molecule has 3 heterocycles. The molecule has 2 aromatic heterocycles. The highest BCUT2D eigenvalue weighted by molar-refractivity contribution is 5.95. The molecule has 1 saturated heterocycles. The normalized spacial score (nSPS) is 20.4. The van der Waals surface area contributed by atoms with Crippen LogP contribution < -0.4 is 15.8 Å². The van der Waals surface area contributed by atoms with Gasteiger partial charge in [-0.15, -0.1) is 5.10 Å². The van der Waals surface area contributed by atoms with E-state index in [1.54, 1.807) is 12.1 Å². The number of nitrogen functional groups attached to an aromatic ring is 1. The second kappa shape index (κ2) is 4.72. The van der Waals surface area contributed by atoms with Gasteiger partial charge in [0, 0.05) is 11.8 Å². The van der Waals surface area contributed by atoms with E-state index in [4.69, 9.17) is 10.5 Å². The van der Waals surface area contributed by atoms with E-state index in [2.05, 4.69) is 20.4 Å². The van der Waals surface area contributed by atoms with Crippen LogP contribution in [0.5, 0.6) is 5.75 Å². The van der Waals surface area contributed by atoms with Gasteiger partial charge in [-0.3, -0.25) is 0 Å². The SMILES string of the molecule is COc1cccc2c1nc(N)n1nc(C3CC(F)(F)CN3)nc21. The van der Waals surface area contributed by atoms with Crippen molar-refractivity contribution in [2.75, 3.05) is 19.4 Å². The number of rotatable bonds is 2. The zero-order valence-corrected chi connectivity index (χ0v) is 12.3. The van der Waals surface area contributed by atoms with Crippen LogP contribution in [0.3, 0.4) is 0 Å². The number of para-hydroxylation sites is 1. The molecule has 0 radical (unpaired) electrons. The summed E-state index contributed by atoms with van der Waals surface area (Å²) < 4.78 is 33.4. The van der Waals surface area contributed by atoms with Crippen LogP contribution in [0.25, 0.3) is 16.6 Å². The summed E-state index contributed by atoms with van der Waals surface area (Å²) >= 11 is 0. The van der Waals surface area contributed by atoms with E-state index in [1.165, 1.54) is 11.6 Å². The first kappa shape index (κ1) is 14.1. The number of alkyl halides is 2. The Labute approximate surface area is 129 Å². The lowest BCUT2D eigenvalue weighted by Crippen LogP contribution is -2.19. The number of nitrogens with one attached hydrogen (secondary N) is 1. The maximum Gasteiger partial charge on any atom is 0.262 e. The van der Waals surface area contributed by atoms with Crippen LogP contribution in [0.4, 0.5) is 14.7 Å². The summed E-state index contributed by atoms with van der Waals surface area (Å²) in [4.78, 5) is 8.69. The minimum Gasteiger partial charge on any atom is -0.494 e. The number of nitrogens with two attached hydrogens (primary N) is 1. The van der Waals surface area contributed by atoms with Crippen LogP contribution in [0.1, 0.15) is 18.3 Å². The van der Waals surface area contributed by atoms with Gasteiger partial charge in [0.05, 0.1) is 19.7 Å². The summed E-state index contributed by atoms with van der Waals surface area (Å²) in [5.74, 6) is -1.78. The van der Waals surface area contributed by atoms with Gasteiger partial charge in [0.25, 0.3) is 5.92 Å². The lowest BCUT2D eigenvalue weighted by atomic mass is 10.2. The van der Waals surface area contributed by atoms with E-state index < -0.39 is 12.0 Å². The predicted octanol–water partition coefficient (Wildman–Crippen LogP) is 1.54. The predicted molar refractivity (Wildman–Crippen MR) is 79.6 cm³/mol. The van der Waals surface area contributed by atoms with Crippen LogP contribution in [0.15, 0.2) is 18.2 Å². The minimum absolute atomic E-state index is 0.125. The Bertz CT molecular complexity index is 909. The summed E-state index contributed by atoms with van der Waals surface area (Å²) in [6.07, 6.45) is -0.335. The van der Waals surface area contributed by atoms with Crippen LogP contribution >= 0.6 is 0 Å². The molecule has 1 aromatic carbocycles. The Kier molecular flexibility index (Phi) is 2.89. The Morgan fingerprint density at radius 3 is 2.91 bits per heavy atom. The van der Waals surface area contributed by atoms with Gasteiger partial charge < -0.3 is 15.8 Å². The molecular formula is C14H14F2N6O. The fraction of sp³-hybridized carbons (Fsp3) is 0.357. The number of hydrogen-bond donors (Lipinski definition) is 2. The van der Waals surface area contributed by atoms with E-state index in [1.807, 2.05) is 6.07 Å². The first-order valence-corrected chi connectivity index (χ1v) is 7.08. The van der Waals surface area contributed by atoms with Crippen molar-refractivity contribution in [2.24, 2.45) is 0 Å². The van der Waals surface area contributed by atoms with Gasteiger partial charge in [0.2, 0.25) is 5.95 Å². The topological polar surface area (TPSA) is 90.4 Å². The van der Waals surface area contributed by atoms with Gasteiger partial charge >= 0.3 is 0 Å². The molecule has 120 valence electrons. The van der Waals surface area contributed by atoms with Crippen LogP contribution in [0.2, 0.25) is 0 Å². The number of fused-ring (bicyclic) bond motifs is 3. The molecular weight excluding hydrogens is 306 g/mol. The number of halogens is 2. The summed E-state index contributed by atoms with van der Waals surface area (Å²) in [5, 5.41) is 7.68. The Morgan fingerprint density at radius 1 is 1.39 bits per heavy atom. The summed E-state index contributed by atoms with van der Waals surface area (Å²) in [6.45, 7) is -0.379. The summed E-state index contributed by atoms with van der Waals surface area (Å²) in [6, 6.07) is 4.77. The van der Waals surface area contributed by atoms with Gasteiger partial charge in [-0.1, -0.05) is 6.07 Å². The molecule has 3 N–H and O–H groups in total. The highest BCUT2D eigenvalue weighted by atomic mass is 19.3. The van der Waals surface area contributed by atoms with Crippen molar-refractivity contribution in [1.82, 2.24) is 24.9 Å². The maximum absolute atomic E-state index is 13.4. The molecule has 9 heteroatoms. The average Bonchev–Trinajstić information content (AvgIpc) is 3.11. The number of methoxy groups -OCH3 is 1. The lowest BCUT2D eigenvalue weighted by molar-refractivity contribution is 0.0208. The summed E-state index contributed by atoms with van der Waals surface area (Å²) in [7, 11) is 1.54. The van der Waals surface area contributed by atoms with Crippen molar-refractivity contribution >= 4 is 22.5 Å². The van der Waals surface area contributed by atoms with Crippen molar-refractivity contribution in [1.29, 1.82) is 0 Å². The Hall–Kier alpha value is -2.55. The van der Waals surface area contributed by atoms with E-state index >= 15 is 0 Å². The van der Waals surface area contributed by atoms with Crippen LogP contribution in [-0.2, 0) is 0 Å². The van der Waals surface area contributed by atoms with Crippen molar-refractivity contribution in [3.8, 4) is 5.75 Å². The molecule has 23 heavy (non-hydrogen) atoms. The van der Waals surface area contributed by atoms with Gasteiger partial charge in [0.15, 0.2) is 11.5 Å². The monoisotopic (exact) mass is 320 g/mol.